The Morgan fingerprint density at radius 2 is 1.88 bits per heavy atom. The number of anilines is 1. The second-order valence-electron chi connectivity index (χ2n) is 7.69. The van der Waals surface area contributed by atoms with Crippen LogP contribution in [-0.2, 0) is 6.54 Å². The Balaban J connectivity index is 1.17. The summed E-state index contributed by atoms with van der Waals surface area (Å²) in [5, 5.41) is 7.50. The van der Waals surface area contributed by atoms with Crippen molar-refractivity contribution >= 4 is 22.8 Å². The van der Waals surface area contributed by atoms with Gasteiger partial charge in [-0.05, 0) is 42.0 Å². The van der Waals surface area contributed by atoms with Crippen molar-refractivity contribution in [3.05, 3.63) is 78.7 Å². The number of piperazine rings is 1. The van der Waals surface area contributed by atoms with Crippen LogP contribution >= 0.6 is 0 Å². The Bertz CT molecular complexity index is 1200. The number of fused-ring (bicyclic) bond motifs is 1. The Labute approximate surface area is 185 Å². The normalized spacial score (nSPS) is 14.4. The van der Waals surface area contributed by atoms with Gasteiger partial charge in [-0.15, -0.1) is 0 Å². The van der Waals surface area contributed by atoms with Crippen LogP contribution in [-0.4, -0.2) is 52.2 Å². The summed E-state index contributed by atoms with van der Waals surface area (Å²) in [7, 11) is 0. The van der Waals surface area contributed by atoms with Crippen molar-refractivity contribution in [1.29, 1.82) is 0 Å². The van der Waals surface area contributed by atoms with Gasteiger partial charge in [0, 0.05) is 50.4 Å². The number of benzene rings is 2. The number of pyridine rings is 1. The molecule has 1 aliphatic heterocycles. The van der Waals surface area contributed by atoms with E-state index in [2.05, 4.69) is 32.5 Å². The first kappa shape index (κ1) is 20.0. The molecule has 0 bridgehead atoms. The van der Waals surface area contributed by atoms with Crippen molar-refractivity contribution in [3.63, 3.8) is 0 Å². The monoisotopic (exact) mass is 429 g/mol. The molecule has 0 spiro atoms. The van der Waals surface area contributed by atoms with Crippen LogP contribution in [0.2, 0.25) is 0 Å². The Hall–Kier alpha value is -3.91. The van der Waals surface area contributed by atoms with E-state index in [4.69, 9.17) is 9.26 Å². The number of amides is 2. The van der Waals surface area contributed by atoms with Crippen LogP contribution in [0.15, 0.2) is 77.6 Å². The summed E-state index contributed by atoms with van der Waals surface area (Å²) in [6, 6.07) is 19.5. The lowest BCUT2D eigenvalue weighted by Gasteiger charge is -2.34. The Kier molecular flexibility index (Phi) is 5.67. The van der Waals surface area contributed by atoms with Gasteiger partial charge in [-0.3, -0.25) is 15.2 Å². The molecule has 32 heavy (non-hydrogen) atoms. The maximum absolute atomic E-state index is 12.3. The zero-order valence-electron chi connectivity index (χ0n) is 17.5. The van der Waals surface area contributed by atoms with E-state index in [1.807, 2.05) is 42.5 Å². The fraction of sp³-hybridized carbons (Fsp3) is 0.208. The average Bonchev–Trinajstić information content (AvgIpc) is 3.33. The third kappa shape index (κ3) is 4.70. The smallest absolute Gasteiger partial charge is 0.323 e. The Morgan fingerprint density at radius 3 is 2.72 bits per heavy atom. The molecule has 1 aliphatic rings. The molecule has 0 atom stereocenters. The zero-order chi connectivity index (χ0) is 21.8. The highest BCUT2D eigenvalue weighted by molar-refractivity contribution is 5.88. The number of carbonyl (C=O) groups excluding carboxylic acids is 1. The summed E-state index contributed by atoms with van der Waals surface area (Å²) in [5.74, 6) is 2.02. The number of hydrogen-bond donors (Lipinski definition) is 1. The van der Waals surface area contributed by atoms with Gasteiger partial charge >= 0.3 is 6.03 Å². The molecule has 1 saturated heterocycles. The van der Waals surface area contributed by atoms with Crippen LogP contribution in [0.4, 0.5) is 10.6 Å². The van der Waals surface area contributed by atoms with Crippen LogP contribution in [0.5, 0.6) is 11.5 Å². The molecule has 2 aromatic heterocycles. The summed E-state index contributed by atoms with van der Waals surface area (Å²) >= 11 is 0. The van der Waals surface area contributed by atoms with Crippen molar-refractivity contribution in [2.24, 2.45) is 0 Å². The quantitative estimate of drug-likeness (QED) is 0.507. The molecule has 162 valence electrons. The van der Waals surface area contributed by atoms with Gasteiger partial charge in [-0.2, -0.15) is 0 Å². The predicted octanol–water partition coefficient (Wildman–Crippen LogP) is 4.36. The maximum Gasteiger partial charge on any atom is 0.323 e. The first-order valence-electron chi connectivity index (χ1n) is 10.5. The third-order valence-corrected chi connectivity index (χ3v) is 5.45. The molecule has 8 nitrogen and oxygen atoms in total. The van der Waals surface area contributed by atoms with Gasteiger partial charge < -0.3 is 14.2 Å². The molecule has 0 radical (unpaired) electrons. The summed E-state index contributed by atoms with van der Waals surface area (Å²) in [4.78, 5) is 20.8. The minimum atomic E-state index is -0.153. The number of nitrogens with zero attached hydrogens (tertiary/aromatic N) is 4. The van der Waals surface area contributed by atoms with Gasteiger partial charge in [0.25, 0.3) is 0 Å². The third-order valence-electron chi connectivity index (χ3n) is 5.45. The second-order valence-corrected chi connectivity index (χ2v) is 7.69. The van der Waals surface area contributed by atoms with Crippen molar-refractivity contribution in [2.75, 3.05) is 31.5 Å². The largest absolute Gasteiger partial charge is 0.457 e. The molecule has 3 heterocycles. The molecule has 8 heteroatoms. The molecule has 2 aromatic carbocycles. The zero-order valence-corrected chi connectivity index (χ0v) is 17.5. The molecule has 1 fully saturated rings. The molecule has 4 aromatic rings. The SMILES string of the molecule is O=C(Nc1ccon1)N1CCN(Cc2cccc(Oc3ccc4ncccc4c3)c2)CC1. The highest BCUT2D eigenvalue weighted by Gasteiger charge is 2.21. The van der Waals surface area contributed by atoms with E-state index in [-0.39, 0.29) is 6.03 Å². The van der Waals surface area contributed by atoms with Gasteiger partial charge in [-0.25, -0.2) is 4.79 Å². The van der Waals surface area contributed by atoms with Crippen LogP contribution in [0.25, 0.3) is 10.9 Å². The summed E-state index contributed by atoms with van der Waals surface area (Å²) in [6.45, 7) is 3.72. The van der Waals surface area contributed by atoms with Crippen LogP contribution in [0, 0.1) is 0 Å². The number of carbonyl (C=O) groups is 1. The summed E-state index contributed by atoms with van der Waals surface area (Å²) < 4.78 is 10.8. The van der Waals surface area contributed by atoms with Gasteiger partial charge in [0.05, 0.1) is 5.52 Å². The Morgan fingerprint density at radius 1 is 1.00 bits per heavy atom. The van der Waals surface area contributed by atoms with E-state index < -0.39 is 0 Å². The first-order valence-corrected chi connectivity index (χ1v) is 10.5. The lowest BCUT2D eigenvalue weighted by Crippen LogP contribution is -2.49. The number of ether oxygens (including phenoxy) is 1. The fourth-order valence-corrected chi connectivity index (χ4v) is 3.79. The van der Waals surface area contributed by atoms with Gasteiger partial charge in [0.15, 0.2) is 5.82 Å². The minimum Gasteiger partial charge on any atom is -0.457 e. The van der Waals surface area contributed by atoms with Gasteiger partial charge in [0.2, 0.25) is 0 Å². The molecular weight excluding hydrogens is 406 g/mol. The maximum atomic E-state index is 12.3. The standard InChI is InChI=1S/C24H23N5O3/c30-24(26-23-8-14-31-27-23)29-12-10-28(11-13-29)17-18-3-1-5-20(15-18)32-21-6-7-22-19(16-21)4-2-9-25-22/h1-9,14-16H,10-13,17H2,(H,26,27,30). The van der Waals surface area contributed by atoms with E-state index in [1.165, 1.54) is 11.8 Å². The van der Waals surface area contributed by atoms with Crippen molar-refractivity contribution < 1.29 is 14.1 Å². The average molecular weight is 429 g/mol. The van der Waals surface area contributed by atoms with E-state index in [1.54, 1.807) is 17.2 Å². The second kappa shape index (κ2) is 9.07. The lowest BCUT2D eigenvalue weighted by atomic mass is 10.2. The van der Waals surface area contributed by atoms with E-state index in [0.717, 1.165) is 42.0 Å². The van der Waals surface area contributed by atoms with Crippen LogP contribution in [0.1, 0.15) is 5.56 Å². The summed E-state index contributed by atoms with van der Waals surface area (Å²) in [6.07, 6.45) is 3.22. The molecule has 5 rings (SSSR count). The molecule has 0 aliphatic carbocycles. The molecule has 1 N–H and O–H groups in total. The number of urea groups is 1. The highest BCUT2D eigenvalue weighted by Crippen LogP contribution is 2.26. The molecule has 2 amide bonds. The topological polar surface area (TPSA) is 83.7 Å². The molecule has 0 saturated carbocycles. The van der Waals surface area contributed by atoms with Crippen molar-refractivity contribution in [2.45, 2.75) is 6.54 Å². The molecular formula is C24H23N5O3. The lowest BCUT2D eigenvalue weighted by molar-refractivity contribution is 0.143. The predicted molar refractivity (Wildman–Crippen MR) is 121 cm³/mol. The number of nitrogens with one attached hydrogen (secondary N) is 1. The van der Waals surface area contributed by atoms with E-state index in [0.29, 0.717) is 18.9 Å². The minimum absolute atomic E-state index is 0.153. The number of hydrogen-bond acceptors (Lipinski definition) is 6. The molecule has 0 unspecified atom stereocenters. The number of aromatic nitrogens is 2. The van der Waals surface area contributed by atoms with Crippen LogP contribution < -0.4 is 10.1 Å². The highest BCUT2D eigenvalue weighted by atomic mass is 16.5. The van der Waals surface area contributed by atoms with Gasteiger partial charge in [0.1, 0.15) is 17.8 Å². The van der Waals surface area contributed by atoms with E-state index >= 15 is 0 Å². The van der Waals surface area contributed by atoms with Crippen LogP contribution in [0.3, 0.4) is 0 Å². The fourth-order valence-electron chi connectivity index (χ4n) is 3.79. The van der Waals surface area contributed by atoms with Crippen molar-refractivity contribution in [3.8, 4) is 11.5 Å². The summed E-state index contributed by atoms with van der Waals surface area (Å²) in [5.41, 5.74) is 2.12. The van der Waals surface area contributed by atoms with E-state index in [9.17, 15) is 4.79 Å². The van der Waals surface area contributed by atoms with Gasteiger partial charge in [-0.1, -0.05) is 23.4 Å². The number of rotatable bonds is 5. The first-order chi connectivity index (χ1) is 15.7. The van der Waals surface area contributed by atoms with Crippen molar-refractivity contribution in [1.82, 2.24) is 19.9 Å².